The van der Waals surface area contributed by atoms with Gasteiger partial charge in [0.25, 0.3) is 0 Å². The lowest BCUT2D eigenvalue weighted by atomic mass is 9.96. The van der Waals surface area contributed by atoms with Gasteiger partial charge in [0.15, 0.2) is 0 Å². The van der Waals surface area contributed by atoms with Gasteiger partial charge < -0.3 is 10.1 Å². The second-order valence-corrected chi connectivity index (χ2v) is 7.01. The molecule has 122 valence electrons. The summed E-state index contributed by atoms with van der Waals surface area (Å²) in [5.74, 6) is 0. The molecule has 0 saturated carbocycles. The van der Waals surface area contributed by atoms with Gasteiger partial charge in [0.05, 0.1) is 13.2 Å². The molecule has 0 spiro atoms. The van der Waals surface area contributed by atoms with Gasteiger partial charge in [0.2, 0.25) is 0 Å². The molecule has 0 aliphatic carbocycles. The van der Waals surface area contributed by atoms with Crippen molar-refractivity contribution in [1.82, 2.24) is 10.2 Å². The number of morpholine rings is 1. The Bertz CT molecular complexity index is 523. The van der Waals surface area contributed by atoms with Crippen molar-refractivity contribution in [3.63, 3.8) is 0 Å². The summed E-state index contributed by atoms with van der Waals surface area (Å²) < 4.78 is 5.74. The molecule has 2 unspecified atom stereocenters. The third-order valence-electron chi connectivity index (χ3n) is 5.43. The van der Waals surface area contributed by atoms with Crippen LogP contribution in [0.4, 0.5) is 0 Å². The van der Waals surface area contributed by atoms with Crippen LogP contribution in [0, 0.1) is 6.92 Å². The fourth-order valence-electron chi connectivity index (χ4n) is 4.44. The third kappa shape index (κ3) is 2.67. The minimum atomic E-state index is 0. The van der Waals surface area contributed by atoms with Crippen LogP contribution >= 0.6 is 24.0 Å². The van der Waals surface area contributed by atoms with Crippen molar-refractivity contribution < 1.29 is 4.74 Å². The Kier molecular flexibility index (Phi) is 5.01. The lowest BCUT2D eigenvalue weighted by Crippen LogP contribution is -2.52. The molecule has 3 nitrogen and oxygen atoms in total. The van der Waals surface area contributed by atoms with Gasteiger partial charge >= 0.3 is 0 Å². The molecule has 3 saturated heterocycles. The molecule has 1 aromatic carbocycles. The number of halogens is 2. The van der Waals surface area contributed by atoms with Crippen molar-refractivity contribution in [2.24, 2.45) is 0 Å². The molecule has 3 aliphatic rings. The summed E-state index contributed by atoms with van der Waals surface area (Å²) in [4.78, 5) is 2.74. The standard InChI is InChI=1S/C17H23ClN2O.ClH/c1-11-3-2-4-14(16(11)18)17-15(7-8-19-17)20-12-5-6-13(20)10-21-9-12;/h2-4,12-13,15,17,19H,5-10H2,1H3;1H/t12?,13?,15-,17-;/m0./s1. The van der Waals surface area contributed by atoms with Gasteiger partial charge in [-0.25, -0.2) is 0 Å². The molecule has 1 N–H and O–H groups in total. The van der Waals surface area contributed by atoms with Crippen molar-refractivity contribution in [3.05, 3.63) is 34.3 Å². The predicted octanol–water partition coefficient (Wildman–Crippen LogP) is 3.34. The van der Waals surface area contributed by atoms with Crippen molar-refractivity contribution >= 4 is 24.0 Å². The maximum absolute atomic E-state index is 6.58. The van der Waals surface area contributed by atoms with Crippen LogP contribution in [0.3, 0.4) is 0 Å². The lowest BCUT2D eigenvalue weighted by molar-refractivity contribution is -0.0387. The fraction of sp³-hybridized carbons (Fsp3) is 0.647. The predicted molar refractivity (Wildman–Crippen MR) is 92.1 cm³/mol. The number of ether oxygens (including phenoxy) is 1. The van der Waals surface area contributed by atoms with Gasteiger partial charge in [-0.3, -0.25) is 4.90 Å². The number of aryl methyl sites for hydroxylation is 1. The molecule has 0 radical (unpaired) electrons. The van der Waals surface area contributed by atoms with E-state index in [2.05, 4.69) is 35.3 Å². The van der Waals surface area contributed by atoms with E-state index in [0.717, 1.165) is 24.8 Å². The SMILES string of the molecule is Cc1cccc([C@@H]2NCC[C@@H]2N2C3CCC2COC3)c1Cl.Cl. The van der Waals surface area contributed by atoms with Crippen LogP contribution in [0.15, 0.2) is 18.2 Å². The molecular weight excluding hydrogens is 319 g/mol. The van der Waals surface area contributed by atoms with Crippen LogP contribution in [0.5, 0.6) is 0 Å². The van der Waals surface area contributed by atoms with E-state index in [1.165, 1.54) is 30.4 Å². The summed E-state index contributed by atoms with van der Waals surface area (Å²) in [7, 11) is 0. The van der Waals surface area contributed by atoms with Gasteiger partial charge in [-0.2, -0.15) is 0 Å². The molecule has 3 fully saturated rings. The normalized spacial score (nSPS) is 34.6. The third-order valence-corrected chi connectivity index (χ3v) is 5.94. The quantitative estimate of drug-likeness (QED) is 0.891. The van der Waals surface area contributed by atoms with Crippen LogP contribution in [-0.4, -0.2) is 42.8 Å². The molecule has 0 amide bonds. The molecule has 22 heavy (non-hydrogen) atoms. The van der Waals surface area contributed by atoms with Crippen LogP contribution in [0.2, 0.25) is 5.02 Å². The molecule has 4 atom stereocenters. The summed E-state index contributed by atoms with van der Waals surface area (Å²) in [6, 6.07) is 8.55. The maximum Gasteiger partial charge on any atom is 0.0622 e. The minimum Gasteiger partial charge on any atom is -0.378 e. The summed E-state index contributed by atoms with van der Waals surface area (Å²) in [5.41, 5.74) is 2.44. The number of rotatable bonds is 2. The summed E-state index contributed by atoms with van der Waals surface area (Å²) in [6.07, 6.45) is 3.78. The van der Waals surface area contributed by atoms with Crippen LogP contribution in [0.1, 0.15) is 36.4 Å². The van der Waals surface area contributed by atoms with E-state index in [9.17, 15) is 0 Å². The topological polar surface area (TPSA) is 24.5 Å². The Morgan fingerprint density at radius 1 is 1.18 bits per heavy atom. The van der Waals surface area contributed by atoms with E-state index in [0.29, 0.717) is 24.2 Å². The fourth-order valence-corrected chi connectivity index (χ4v) is 4.68. The maximum atomic E-state index is 6.58. The zero-order valence-electron chi connectivity index (χ0n) is 12.9. The molecule has 5 heteroatoms. The number of benzene rings is 1. The molecule has 3 aliphatic heterocycles. The summed E-state index contributed by atoms with van der Waals surface area (Å²) in [5, 5.41) is 4.62. The van der Waals surface area contributed by atoms with Crippen LogP contribution < -0.4 is 5.32 Å². The molecule has 3 heterocycles. The van der Waals surface area contributed by atoms with E-state index in [1.807, 2.05) is 0 Å². The van der Waals surface area contributed by atoms with Gasteiger partial charge in [0, 0.05) is 29.2 Å². The van der Waals surface area contributed by atoms with Crippen LogP contribution in [-0.2, 0) is 4.74 Å². The Morgan fingerprint density at radius 2 is 1.91 bits per heavy atom. The molecule has 4 rings (SSSR count). The van der Waals surface area contributed by atoms with Gasteiger partial charge in [0.1, 0.15) is 0 Å². The highest BCUT2D eigenvalue weighted by molar-refractivity contribution is 6.32. The first kappa shape index (κ1) is 16.5. The van der Waals surface area contributed by atoms with Crippen molar-refractivity contribution in [3.8, 4) is 0 Å². The van der Waals surface area contributed by atoms with Crippen molar-refractivity contribution in [2.75, 3.05) is 19.8 Å². The number of nitrogens with zero attached hydrogens (tertiary/aromatic N) is 1. The monoisotopic (exact) mass is 342 g/mol. The Morgan fingerprint density at radius 3 is 2.64 bits per heavy atom. The number of hydrogen-bond donors (Lipinski definition) is 1. The first-order chi connectivity index (χ1) is 10.3. The second-order valence-electron chi connectivity index (χ2n) is 6.64. The van der Waals surface area contributed by atoms with E-state index in [4.69, 9.17) is 16.3 Å². The van der Waals surface area contributed by atoms with Gasteiger partial charge in [-0.05, 0) is 43.9 Å². The highest BCUT2D eigenvalue weighted by Gasteiger charge is 2.45. The largest absolute Gasteiger partial charge is 0.378 e. The molecule has 1 aromatic rings. The Labute approximate surface area is 143 Å². The van der Waals surface area contributed by atoms with Crippen LogP contribution in [0.25, 0.3) is 0 Å². The minimum absolute atomic E-state index is 0. The zero-order valence-corrected chi connectivity index (χ0v) is 14.5. The average Bonchev–Trinajstić information content (AvgIpc) is 3.03. The van der Waals surface area contributed by atoms with Gasteiger partial charge in [-0.15, -0.1) is 12.4 Å². The lowest BCUT2D eigenvalue weighted by Gasteiger charge is -2.41. The van der Waals surface area contributed by atoms with E-state index >= 15 is 0 Å². The van der Waals surface area contributed by atoms with E-state index in [1.54, 1.807) is 0 Å². The Hall–Kier alpha value is -0.320. The smallest absolute Gasteiger partial charge is 0.0622 e. The Balaban J connectivity index is 0.00000144. The highest BCUT2D eigenvalue weighted by Crippen LogP contribution is 2.40. The number of hydrogen-bond acceptors (Lipinski definition) is 3. The molecule has 0 aromatic heterocycles. The number of fused-ring (bicyclic) bond motifs is 2. The van der Waals surface area contributed by atoms with Crippen molar-refractivity contribution in [1.29, 1.82) is 0 Å². The average molecular weight is 343 g/mol. The molecule has 2 bridgehead atoms. The molecular formula is C17H24Cl2N2O. The zero-order chi connectivity index (χ0) is 14.4. The van der Waals surface area contributed by atoms with Crippen molar-refractivity contribution in [2.45, 2.75) is 50.4 Å². The first-order valence-electron chi connectivity index (χ1n) is 8.09. The highest BCUT2D eigenvalue weighted by atomic mass is 35.5. The first-order valence-corrected chi connectivity index (χ1v) is 8.47. The summed E-state index contributed by atoms with van der Waals surface area (Å²) in [6.45, 7) is 4.98. The van der Waals surface area contributed by atoms with E-state index in [-0.39, 0.29) is 12.4 Å². The summed E-state index contributed by atoms with van der Waals surface area (Å²) >= 11 is 6.58. The number of nitrogens with one attached hydrogen (secondary N) is 1. The van der Waals surface area contributed by atoms with Gasteiger partial charge in [-0.1, -0.05) is 29.8 Å². The second kappa shape index (κ2) is 6.66. The van der Waals surface area contributed by atoms with E-state index < -0.39 is 0 Å².